The van der Waals surface area contributed by atoms with Crippen molar-refractivity contribution in [2.75, 3.05) is 13.7 Å². The Kier molecular flexibility index (Phi) is 5.83. The Morgan fingerprint density at radius 3 is 2.63 bits per heavy atom. The molecular weight excluding hydrogens is 242 g/mol. The number of carbonyl (C=O) groups excluding carboxylic acids is 1. The summed E-state index contributed by atoms with van der Waals surface area (Å²) in [5, 5.41) is 2.85. The molecule has 0 unspecified atom stereocenters. The average Bonchev–Trinajstić information content (AvgIpc) is 2.34. The molecule has 0 aliphatic rings. The van der Waals surface area contributed by atoms with Crippen molar-refractivity contribution in [3.63, 3.8) is 0 Å². The van der Waals surface area contributed by atoms with Crippen LogP contribution in [0, 0.1) is 13.8 Å². The SMILES string of the molecule is COC[C@H](C)NC(=O)[C@@H](C)Oc1cc(C)ccc1C. The van der Waals surface area contributed by atoms with Crippen molar-refractivity contribution in [1.82, 2.24) is 5.32 Å². The lowest BCUT2D eigenvalue weighted by Gasteiger charge is -2.19. The van der Waals surface area contributed by atoms with Gasteiger partial charge < -0.3 is 14.8 Å². The Labute approximate surface area is 115 Å². The molecule has 19 heavy (non-hydrogen) atoms. The zero-order chi connectivity index (χ0) is 14.4. The maximum Gasteiger partial charge on any atom is 0.261 e. The molecule has 1 aromatic rings. The van der Waals surface area contributed by atoms with Crippen LogP contribution in [0.15, 0.2) is 18.2 Å². The first-order valence-electron chi connectivity index (χ1n) is 6.47. The molecule has 1 N–H and O–H groups in total. The number of methoxy groups -OCH3 is 1. The van der Waals surface area contributed by atoms with E-state index in [1.165, 1.54) is 0 Å². The maximum absolute atomic E-state index is 11.9. The molecule has 0 spiro atoms. The van der Waals surface area contributed by atoms with Gasteiger partial charge in [0.2, 0.25) is 0 Å². The summed E-state index contributed by atoms with van der Waals surface area (Å²) in [5.41, 5.74) is 2.14. The predicted molar refractivity (Wildman–Crippen MR) is 75.5 cm³/mol. The van der Waals surface area contributed by atoms with Crippen molar-refractivity contribution < 1.29 is 14.3 Å². The number of benzene rings is 1. The number of hydrogen-bond donors (Lipinski definition) is 1. The molecule has 1 amide bonds. The van der Waals surface area contributed by atoms with E-state index in [4.69, 9.17) is 9.47 Å². The summed E-state index contributed by atoms with van der Waals surface area (Å²) in [6.07, 6.45) is -0.528. The summed E-state index contributed by atoms with van der Waals surface area (Å²) in [6, 6.07) is 5.93. The third kappa shape index (κ3) is 4.91. The molecule has 0 fully saturated rings. The molecule has 106 valence electrons. The lowest BCUT2D eigenvalue weighted by molar-refractivity contribution is -0.128. The van der Waals surface area contributed by atoms with Gasteiger partial charge in [-0.05, 0) is 44.9 Å². The highest BCUT2D eigenvalue weighted by molar-refractivity contribution is 5.81. The number of nitrogens with one attached hydrogen (secondary N) is 1. The standard InChI is InChI=1S/C15H23NO3/c1-10-6-7-11(2)14(8-10)19-13(4)15(17)16-12(3)9-18-5/h6-8,12-13H,9H2,1-5H3,(H,16,17)/t12-,13+/m0/s1. The third-order valence-corrected chi connectivity index (χ3v) is 2.82. The minimum absolute atomic E-state index is 0.0258. The normalized spacial score (nSPS) is 13.7. The smallest absolute Gasteiger partial charge is 0.261 e. The van der Waals surface area contributed by atoms with E-state index in [2.05, 4.69) is 5.32 Å². The molecule has 0 heterocycles. The van der Waals surface area contributed by atoms with Crippen molar-refractivity contribution in [3.05, 3.63) is 29.3 Å². The predicted octanol–water partition coefficient (Wildman–Crippen LogP) is 2.22. The largest absolute Gasteiger partial charge is 0.481 e. The molecule has 0 aliphatic carbocycles. The van der Waals surface area contributed by atoms with Gasteiger partial charge in [0.05, 0.1) is 6.61 Å². The van der Waals surface area contributed by atoms with E-state index in [-0.39, 0.29) is 11.9 Å². The first-order valence-corrected chi connectivity index (χ1v) is 6.47. The van der Waals surface area contributed by atoms with E-state index in [1.807, 2.05) is 39.0 Å². The monoisotopic (exact) mass is 265 g/mol. The molecule has 1 rings (SSSR count). The van der Waals surface area contributed by atoms with E-state index < -0.39 is 6.10 Å². The van der Waals surface area contributed by atoms with Crippen LogP contribution < -0.4 is 10.1 Å². The second-order valence-corrected chi connectivity index (χ2v) is 4.89. The highest BCUT2D eigenvalue weighted by atomic mass is 16.5. The summed E-state index contributed by atoms with van der Waals surface area (Å²) in [7, 11) is 1.61. The molecule has 1 aromatic carbocycles. The Morgan fingerprint density at radius 1 is 1.32 bits per heavy atom. The first-order chi connectivity index (χ1) is 8.93. The quantitative estimate of drug-likeness (QED) is 0.858. The van der Waals surface area contributed by atoms with Crippen LogP contribution in [0.1, 0.15) is 25.0 Å². The molecule has 0 saturated heterocycles. The van der Waals surface area contributed by atoms with Crippen LogP contribution in [0.5, 0.6) is 5.75 Å². The Bertz CT molecular complexity index is 431. The fourth-order valence-electron chi connectivity index (χ4n) is 1.73. The number of ether oxygens (including phenoxy) is 2. The molecule has 0 aliphatic heterocycles. The van der Waals surface area contributed by atoms with Gasteiger partial charge in [0.1, 0.15) is 5.75 Å². The maximum atomic E-state index is 11.9. The van der Waals surface area contributed by atoms with E-state index in [0.29, 0.717) is 6.61 Å². The van der Waals surface area contributed by atoms with Crippen LogP contribution in [-0.2, 0) is 9.53 Å². The first kappa shape index (κ1) is 15.5. The zero-order valence-corrected chi connectivity index (χ0v) is 12.3. The van der Waals surface area contributed by atoms with Gasteiger partial charge in [0.25, 0.3) is 5.91 Å². The molecule has 0 bridgehead atoms. The zero-order valence-electron chi connectivity index (χ0n) is 12.3. The van der Waals surface area contributed by atoms with Crippen molar-refractivity contribution >= 4 is 5.91 Å². The lowest BCUT2D eigenvalue weighted by atomic mass is 10.1. The fourth-order valence-corrected chi connectivity index (χ4v) is 1.73. The van der Waals surface area contributed by atoms with Crippen LogP contribution in [0.2, 0.25) is 0 Å². The van der Waals surface area contributed by atoms with Crippen molar-refractivity contribution in [2.45, 2.75) is 39.8 Å². The van der Waals surface area contributed by atoms with Crippen LogP contribution >= 0.6 is 0 Å². The van der Waals surface area contributed by atoms with Crippen molar-refractivity contribution in [3.8, 4) is 5.75 Å². The molecule has 0 saturated carbocycles. The number of amides is 1. The van der Waals surface area contributed by atoms with Gasteiger partial charge in [-0.25, -0.2) is 0 Å². The van der Waals surface area contributed by atoms with Crippen LogP contribution in [-0.4, -0.2) is 31.8 Å². The minimum Gasteiger partial charge on any atom is -0.481 e. The highest BCUT2D eigenvalue weighted by Gasteiger charge is 2.17. The van der Waals surface area contributed by atoms with Crippen LogP contribution in [0.3, 0.4) is 0 Å². The molecular formula is C15H23NO3. The Hall–Kier alpha value is -1.55. The van der Waals surface area contributed by atoms with Gasteiger partial charge in [-0.1, -0.05) is 12.1 Å². The van der Waals surface area contributed by atoms with E-state index in [1.54, 1.807) is 14.0 Å². The Balaban J connectivity index is 2.61. The highest BCUT2D eigenvalue weighted by Crippen LogP contribution is 2.20. The van der Waals surface area contributed by atoms with Crippen LogP contribution in [0.4, 0.5) is 0 Å². The lowest BCUT2D eigenvalue weighted by Crippen LogP contribution is -2.43. The van der Waals surface area contributed by atoms with Gasteiger partial charge in [0, 0.05) is 13.2 Å². The van der Waals surface area contributed by atoms with E-state index in [0.717, 1.165) is 16.9 Å². The summed E-state index contributed by atoms with van der Waals surface area (Å²) in [6.45, 7) is 8.09. The number of aryl methyl sites for hydroxylation is 2. The van der Waals surface area contributed by atoms with E-state index in [9.17, 15) is 4.79 Å². The third-order valence-electron chi connectivity index (χ3n) is 2.82. The molecule has 0 radical (unpaired) electrons. The summed E-state index contributed by atoms with van der Waals surface area (Å²) < 4.78 is 10.7. The summed E-state index contributed by atoms with van der Waals surface area (Å²) >= 11 is 0. The van der Waals surface area contributed by atoms with E-state index >= 15 is 0 Å². The van der Waals surface area contributed by atoms with Gasteiger partial charge in [-0.15, -0.1) is 0 Å². The Morgan fingerprint density at radius 2 is 2.00 bits per heavy atom. The second-order valence-electron chi connectivity index (χ2n) is 4.89. The van der Waals surface area contributed by atoms with Gasteiger partial charge >= 0.3 is 0 Å². The molecule has 4 nitrogen and oxygen atoms in total. The van der Waals surface area contributed by atoms with Gasteiger partial charge in [-0.3, -0.25) is 4.79 Å². The molecule has 2 atom stereocenters. The number of carbonyl (C=O) groups is 1. The van der Waals surface area contributed by atoms with Gasteiger partial charge in [-0.2, -0.15) is 0 Å². The van der Waals surface area contributed by atoms with Crippen molar-refractivity contribution in [1.29, 1.82) is 0 Å². The second kappa shape index (κ2) is 7.14. The average molecular weight is 265 g/mol. The minimum atomic E-state index is -0.528. The molecule has 0 aromatic heterocycles. The summed E-state index contributed by atoms with van der Waals surface area (Å²) in [5.74, 6) is 0.618. The van der Waals surface area contributed by atoms with Crippen LogP contribution in [0.25, 0.3) is 0 Å². The number of hydrogen-bond acceptors (Lipinski definition) is 3. The summed E-state index contributed by atoms with van der Waals surface area (Å²) in [4.78, 5) is 11.9. The fraction of sp³-hybridized carbons (Fsp3) is 0.533. The van der Waals surface area contributed by atoms with Gasteiger partial charge in [0.15, 0.2) is 6.10 Å². The van der Waals surface area contributed by atoms with Crippen molar-refractivity contribution in [2.24, 2.45) is 0 Å². The molecule has 4 heteroatoms. The number of rotatable bonds is 6. The topological polar surface area (TPSA) is 47.6 Å².